The second-order valence-electron chi connectivity index (χ2n) is 2.70. The number of nitrogens with one attached hydrogen (secondary N) is 1. The molecule has 0 aliphatic heterocycles. The van der Waals surface area contributed by atoms with Crippen LogP contribution in [0.4, 0.5) is 5.82 Å². The number of nitrogens with two attached hydrogens (primary N) is 1. The molecule has 13 heavy (non-hydrogen) atoms. The van der Waals surface area contributed by atoms with E-state index in [-0.39, 0.29) is 5.97 Å². The molecular formula is C9H14N2O2. The van der Waals surface area contributed by atoms with Gasteiger partial charge in [-0.25, -0.2) is 4.79 Å². The Hall–Kier alpha value is -1.45. The van der Waals surface area contributed by atoms with Crippen molar-refractivity contribution >= 4 is 11.8 Å². The molecule has 1 aromatic heterocycles. The van der Waals surface area contributed by atoms with Gasteiger partial charge in [-0.1, -0.05) is 6.92 Å². The van der Waals surface area contributed by atoms with Crippen molar-refractivity contribution in [3.63, 3.8) is 0 Å². The van der Waals surface area contributed by atoms with E-state index >= 15 is 0 Å². The minimum Gasteiger partial charge on any atom is -0.462 e. The summed E-state index contributed by atoms with van der Waals surface area (Å²) in [5, 5.41) is 0. The lowest BCUT2D eigenvalue weighted by molar-refractivity contribution is 0.0528. The minimum atomic E-state index is -0.365. The third-order valence-electron chi connectivity index (χ3n) is 1.78. The first-order valence-corrected chi connectivity index (χ1v) is 4.33. The molecule has 0 radical (unpaired) electrons. The van der Waals surface area contributed by atoms with E-state index in [4.69, 9.17) is 10.5 Å². The van der Waals surface area contributed by atoms with Gasteiger partial charge >= 0.3 is 5.97 Å². The van der Waals surface area contributed by atoms with Crippen LogP contribution in [0.1, 0.15) is 29.9 Å². The first-order valence-electron chi connectivity index (χ1n) is 4.33. The zero-order chi connectivity index (χ0) is 9.84. The summed E-state index contributed by atoms with van der Waals surface area (Å²) in [7, 11) is 0. The number of aryl methyl sites for hydroxylation is 1. The fraction of sp³-hybridized carbons (Fsp3) is 0.444. The molecule has 0 amide bonds. The molecule has 1 heterocycles. The first kappa shape index (κ1) is 9.64. The van der Waals surface area contributed by atoms with Crippen LogP contribution in [0.2, 0.25) is 0 Å². The fourth-order valence-electron chi connectivity index (χ4n) is 1.10. The van der Waals surface area contributed by atoms with E-state index in [0.717, 1.165) is 12.1 Å². The Morgan fingerprint density at radius 2 is 2.31 bits per heavy atom. The lowest BCUT2D eigenvalue weighted by Gasteiger charge is -1.98. The number of rotatable bonds is 3. The fourth-order valence-corrected chi connectivity index (χ4v) is 1.10. The van der Waals surface area contributed by atoms with E-state index in [1.807, 2.05) is 6.92 Å². The maximum Gasteiger partial charge on any atom is 0.341 e. The van der Waals surface area contributed by atoms with Gasteiger partial charge in [0.25, 0.3) is 0 Å². The number of carbonyl (C=O) groups excluding carboxylic acids is 1. The monoisotopic (exact) mass is 182 g/mol. The quantitative estimate of drug-likeness (QED) is 0.693. The van der Waals surface area contributed by atoms with Crippen molar-refractivity contribution in [2.75, 3.05) is 12.3 Å². The predicted octanol–water partition coefficient (Wildman–Crippen LogP) is 1.34. The molecule has 72 valence electrons. The summed E-state index contributed by atoms with van der Waals surface area (Å²) >= 11 is 0. The number of nitrogen functional groups attached to an aromatic ring is 1. The lowest BCUT2D eigenvalue weighted by Crippen LogP contribution is -2.05. The zero-order valence-corrected chi connectivity index (χ0v) is 7.89. The van der Waals surface area contributed by atoms with E-state index in [2.05, 4.69) is 4.98 Å². The molecule has 0 saturated carbocycles. The van der Waals surface area contributed by atoms with Crippen molar-refractivity contribution in [2.45, 2.75) is 20.3 Å². The number of aromatic amines is 1. The summed E-state index contributed by atoms with van der Waals surface area (Å²) in [6.45, 7) is 4.12. The molecule has 0 aromatic carbocycles. The largest absolute Gasteiger partial charge is 0.462 e. The van der Waals surface area contributed by atoms with Gasteiger partial charge in [0.1, 0.15) is 11.4 Å². The number of carbonyl (C=O) groups is 1. The van der Waals surface area contributed by atoms with Gasteiger partial charge in [-0.3, -0.25) is 0 Å². The number of anilines is 1. The highest BCUT2D eigenvalue weighted by Crippen LogP contribution is 2.14. The summed E-state index contributed by atoms with van der Waals surface area (Å²) < 4.78 is 4.83. The molecule has 0 bridgehead atoms. The normalized spacial score (nSPS) is 10.0. The summed E-state index contributed by atoms with van der Waals surface area (Å²) in [4.78, 5) is 14.2. The van der Waals surface area contributed by atoms with Gasteiger partial charge in [0, 0.05) is 5.69 Å². The summed E-state index contributed by atoms with van der Waals surface area (Å²) in [6, 6.07) is 1.73. The van der Waals surface area contributed by atoms with Crippen molar-refractivity contribution < 1.29 is 9.53 Å². The second-order valence-corrected chi connectivity index (χ2v) is 2.70. The SMILES string of the molecule is CCOC(=O)c1cc(CC)[nH]c1N. The van der Waals surface area contributed by atoms with Gasteiger partial charge in [-0.15, -0.1) is 0 Å². The Morgan fingerprint density at radius 3 is 2.77 bits per heavy atom. The maximum atomic E-state index is 11.3. The molecule has 4 heteroatoms. The maximum absolute atomic E-state index is 11.3. The van der Waals surface area contributed by atoms with Crippen LogP contribution >= 0.6 is 0 Å². The molecule has 0 spiro atoms. The van der Waals surface area contributed by atoms with Crippen LogP contribution in [0.5, 0.6) is 0 Å². The number of aromatic nitrogens is 1. The summed E-state index contributed by atoms with van der Waals surface area (Å²) in [5.41, 5.74) is 6.97. The zero-order valence-electron chi connectivity index (χ0n) is 7.89. The Kier molecular flexibility index (Phi) is 2.95. The van der Waals surface area contributed by atoms with Gasteiger partial charge < -0.3 is 15.5 Å². The van der Waals surface area contributed by atoms with Crippen molar-refractivity contribution in [3.05, 3.63) is 17.3 Å². The van der Waals surface area contributed by atoms with Crippen LogP contribution in [0, 0.1) is 0 Å². The number of ether oxygens (including phenoxy) is 1. The highest BCUT2D eigenvalue weighted by atomic mass is 16.5. The molecule has 4 nitrogen and oxygen atoms in total. The third kappa shape index (κ3) is 2.02. The van der Waals surface area contributed by atoms with Crippen LogP contribution in [-0.4, -0.2) is 17.6 Å². The van der Waals surface area contributed by atoms with E-state index in [1.165, 1.54) is 0 Å². The Labute approximate surface area is 77.1 Å². The summed E-state index contributed by atoms with van der Waals surface area (Å²) in [5.74, 6) is 0.0197. The predicted molar refractivity (Wildman–Crippen MR) is 50.5 cm³/mol. The lowest BCUT2D eigenvalue weighted by atomic mass is 10.2. The molecule has 0 aliphatic carbocycles. The molecule has 1 aromatic rings. The van der Waals surface area contributed by atoms with Gasteiger partial charge in [-0.05, 0) is 19.4 Å². The number of hydrogen-bond acceptors (Lipinski definition) is 3. The standard InChI is InChI=1S/C9H14N2O2/c1-3-6-5-7(8(10)11-6)9(12)13-4-2/h5,11H,3-4,10H2,1-2H3. The topological polar surface area (TPSA) is 68.1 Å². The summed E-state index contributed by atoms with van der Waals surface area (Å²) in [6.07, 6.45) is 0.823. The van der Waals surface area contributed by atoms with E-state index in [1.54, 1.807) is 13.0 Å². The number of esters is 1. The molecule has 1 rings (SSSR count). The van der Waals surface area contributed by atoms with E-state index in [0.29, 0.717) is 18.0 Å². The van der Waals surface area contributed by atoms with Gasteiger partial charge in [0.2, 0.25) is 0 Å². The molecule has 0 aliphatic rings. The highest BCUT2D eigenvalue weighted by Gasteiger charge is 2.13. The molecular weight excluding hydrogens is 168 g/mol. The van der Waals surface area contributed by atoms with E-state index < -0.39 is 0 Å². The Bertz CT molecular complexity index is 305. The third-order valence-corrected chi connectivity index (χ3v) is 1.78. The average molecular weight is 182 g/mol. The van der Waals surface area contributed by atoms with Gasteiger partial charge in [0.15, 0.2) is 0 Å². The van der Waals surface area contributed by atoms with Crippen molar-refractivity contribution in [1.82, 2.24) is 4.98 Å². The van der Waals surface area contributed by atoms with Crippen molar-refractivity contribution in [2.24, 2.45) is 0 Å². The molecule has 0 atom stereocenters. The van der Waals surface area contributed by atoms with Crippen LogP contribution < -0.4 is 5.73 Å². The number of hydrogen-bond donors (Lipinski definition) is 2. The molecule has 0 fully saturated rings. The van der Waals surface area contributed by atoms with Crippen LogP contribution in [0.15, 0.2) is 6.07 Å². The van der Waals surface area contributed by atoms with E-state index in [9.17, 15) is 4.79 Å². The van der Waals surface area contributed by atoms with Crippen LogP contribution in [0.3, 0.4) is 0 Å². The van der Waals surface area contributed by atoms with Gasteiger partial charge in [-0.2, -0.15) is 0 Å². The second kappa shape index (κ2) is 3.98. The van der Waals surface area contributed by atoms with Crippen molar-refractivity contribution in [3.8, 4) is 0 Å². The van der Waals surface area contributed by atoms with Crippen molar-refractivity contribution in [1.29, 1.82) is 0 Å². The van der Waals surface area contributed by atoms with Gasteiger partial charge in [0.05, 0.1) is 6.61 Å². The Balaban J connectivity index is 2.87. The molecule has 0 unspecified atom stereocenters. The van der Waals surface area contributed by atoms with Crippen LogP contribution in [-0.2, 0) is 11.2 Å². The Morgan fingerprint density at radius 1 is 1.62 bits per heavy atom. The molecule has 0 saturated heterocycles. The highest BCUT2D eigenvalue weighted by molar-refractivity contribution is 5.94. The number of H-pyrrole nitrogens is 1. The minimum absolute atomic E-state index is 0.365. The van der Waals surface area contributed by atoms with Crippen LogP contribution in [0.25, 0.3) is 0 Å². The molecule has 3 N–H and O–H groups in total. The smallest absolute Gasteiger partial charge is 0.341 e. The average Bonchev–Trinajstić information content (AvgIpc) is 2.47. The first-order chi connectivity index (χ1) is 6.19.